The van der Waals surface area contributed by atoms with E-state index in [4.69, 9.17) is 4.52 Å². The number of benzene rings is 1. The fourth-order valence-electron chi connectivity index (χ4n) is 3.16. The van der Waals surface area contributed by atoms with Crippen molar-refractivity contribution in [2.45, 2.75) is 39.5 Å². The Morgan fingerprint density at radius 2 is 2.04 bits per heavy atom. The van der Waals surface area contributed by atoms with Crippen molar-refractivity contribution in [1.29, 1.82) is 0 Å². The number of aliphatic hydroxyl groups is 1. The smallest absolute Gasteiger partial charge is 0.241 e. The van der Waals surface area contributed by atoms with Crippen molar-refractivity contribution in [3.63, 3.8) is 0 Å². The van der Waals surface area contributed by atoms with Crippen LogP contribution in [-0.4, -0.2) is 63.4 Å². The first-order chi connectivity index (χ1) is 11.5. The maximum Gasteiger partial charge on any atom is 0.241 e. The van der Waals surface area contributed by atoms with Crippen molar-refractivity contribution >= 4 is 0 Å². The van der Waals surface area contributed by atoms with E-state index in [1.54, 1.807) is 0 Å². The van der Waals surface area contributed by atoms with E-state index < -0.39 is 0 Å². The Balaban J connectivity index is 1.58. The summed E-state index contributed by atoms with van der Waals surface area (Å²) in [6.07, 6.45) is -0.285. The molecule has 3 rings (SSSR count). The fraction of sp³-hybridized carbons (Fsp3) is 0.556. The molecule has 1 saturated heterocycles. The summed E-state index contributed by atoms with van der Waals surface area (Å²) in [6, 6.07) is 8.54. The summed E-state index contributed by atoms with van der Waals surface area (Å²) in [6.45, 7) is 10.3. The van der Waals surface area contributed by atoms with E-state index in [2.05, 4.69) is 45.9 Å². The molecule has 0 amide bonds. The second-order valence-electron chi connectivity index (χ2n) is 6.81. The molecule has 0 radical (unpaired) electrons. The van der Waals surface area contributed by atoms with Gasteiger partial charge in [-0.15, -0.1) is 0 Å². The zero-order chi connectivity index (χ0) is 17.1. The highest BCUT2D eigenvalue weighted by atomic mass is 16.5. The van der Waals surface area contributed by atoms with Gasteiger partial charge in [0.1, 0.15) is 0 Å². The summed E-state index contributed by atoms with van der Waals surface area (Å²) in [4.78, 5) is 9.18. The van der Waals surface area contributed by atoms with E-state index in [0.717, 1.165) is 31.7 Å². The lowest BCUT2D eigenvalue weighted by atomic mass is 10.1. The Bertz CT molecular complexity index is 653. The number of nitrogens with zero attached hydrogens (tertiary/aromatic N) is 4. The molecule has 1 fully saturated rings. The number of aromatic nitrogens is 2. The average Bonchev–Trinajstić information content (AvgIpc) is 2.99. The van der Waals surface area contributed by atoms with Crippen LogP contribution in [0.2, 0.25) is 0 Å². The van der Waals surface area contributed by atoms with Gasteiger partial charge in [-0.25, -0.2) is 0 Å². The molecule has 24 heavy (non-hydrogen) atoms. The molecule has 0 spiro atoms. The van der Waals surface area contributed by atoms with Crippen LogP contribution in [0.25, 0.3) is 11.4 Å². The van der Waals surface area contributed by atoms with Crippen LogP contribution < -0.4 is 0 Å². The van der Waals surface area contributed by atoms with Crippen LogP contribution in [-0.2, 0) is 6.54 Å². The minimum atomic E-state index is -0.285. The molecule has 0 bridgehead atoms. The Morgan fingerprint density at radius 1 is 1.29 bits per heavy atom. The second-order valence-corrected chi connectivity index (χ2v) is 6.81. The van der Waals surface area contributed by atoms with Gasteiger partial charge in [-0.05, 0) is 20.8 Å². The molecule has 1 N–H and O–H groups in total. The fourth-order valence-corrected chi connectivity index (χ4v) is 3.16. The molecule has 2 aromatic rings. The maximum atomic E-state index is 9.56. The summed E-state index contributed by atoms with van der Waals surface area (Å²) in [7, 11) is 0. The minimum absolute atomic E-state index is 0.285. The standard InChI is InChI=1S/C18H26N4O2/c1-13-4-6-16(7-5-13)18-19-17(24-20-18)12-21-8-9-22(11-15(3)23)14(2)10-21/h4-7,14-15,23H,8-12H2,1-3H3/t14-,15-/m0/s1. The van der Waals surface area contributed by atoms with Crippen molar-refractivity contribution in [2.24, 2.45) is 0 Å². The number of hydrogen-bond acceptors (Lipinski definition) is 6. The van der Waals surface area contributed by atoms with Gasteiger partial charge >= 0.3 is 0 Å². The summed E-state index contributed by atoms with van der Waals surface area (Å²) in [5.41, 5.74) is 2.19. The van der Waals surface area contributed by atoms with Crippen molar-refractivity contribution in [2.75, 3.05) is 26.2 Å². The van der Waals surface area contributed by atoms with Crippen LogP contribution in [0.15, 0.2) is 28.8 Å². The highest BCUT2D eigenvalue weighted by Crippen LogP contribution is 2.18. The topological polar surface area (TPSA) is 65.6 Å². The van der Waals surface area contributed by atoms with Gasteiger partial charge in [0.25, 0.3) is 0 Å². The minimum Gasteiger partial charge on any atom is -0.392 e. The Morgan fingerprint density at radius 3 is 2.71 bits per heavy atom. The van der Waals surface area contributed by atoms with Gasteiger partial charge in [0.15, 0.2) is 0 Å². The lowest BCUT2D eigenvalue weighted by molar-refractivity contribution is 0.0385. The van der Waals surface area contributed by atoms with Crippen molar-refractivity contribution in [3.8, 4) is 11.4 Å². The monoisotopic (exact) mass is 330 g/mol. The first kappa shape index (κ1) is 17.1. The van der Waals surface area contributed by atoms with Crippen molar-refractivity contribution in [3.05, 3.63) is 35.7 Å². The van der Waals surface area contributed by atoms with Gasteiger partial charge < -0.3 is 9.63 Å². The maximum absolute atomic E-state index is 9.56. The van der Waals surface area contributed by atoms with Gasteiger partial charge in [-0.2, -0.15) is 4.98 Å². The SMILES string of the molecule is Cc1ccc(-c2noc(CN3CCN(C[C@H](C)O)[C@@H](C)C3)n2)cc1. The highest BCUT2D eigenvalue weighted by Gasteiger charge is 2.25. The molecule has 0 aliphatic carbocycles. The molecule has 130 valence electrons. The van der Waals surface area contributed by atoms with E-state index in [1.165, 1.54) is 5.56 Å². The lowest BCUT2D eigenvalue weighted by Crippen LogP contribution is -2.53. The third kappa shape index (κ3) is 4.20. The predicted octanol–water partition coefficient (Wildman–Crippen LogP) is 1.93. The molecule has 6 nitrogen and oxygen atoms in total. The number of aryl methyl sites for hydroxylation is 1. The van der Waals surface area contributed by atoms with Gasteiger partial charge in [0.2, 0.25) is 11.7 Å². The molecule has 6 heteroatoms. The molecule has 1 aliphatic rings. The quantitative estimate of drug-likeness (QED) is 0.904. The molecular weight excluding hydrogens is 304 g/mol. The number of piperazine rings is 1. The number of β-amino-alcohol motifs (C(OH)–C–C–N with tert-alkyl or cyclic N) is 1. The first-order valence-electron chi connectivity index (χ1n) is 8.55. The van der Waals surface area contributed by atoms with Crippen molar-refractivity contribution < 1.29 is 9.63 Å². The number of rotatable bonds is 5. The molecular formula is C18H26N4O2. The van der Waals surface area contributed by atoms with Gasteiger partial charge in [-0.3, -0.25) is 9.80 Å². The van der Waals surface area contributed by atoms with Crippen LogP contribution in [0.3, 0.4) is 0 Å². The van der Waals surface area contributed by atoms with Crippen LogP contribution in [0.1, 0.15) is 25.3 Å². The highest BCUT2D eigenvalue weighted by molar-refractivity contribution is 5.54. The second kappa shape index (κ2) is 7.42. The molecule has 1 aromatic heterocycles. The Labute approximate surface area is 143 Å². The third-order valence-electron chi connectivity index (χ3n) is 4.48. The van der Waals surface area contributed by atoms with E-state index in [1.807, 2.05) is 19.1 Å². The molecule has 2 atom stereocenters. The summed E-state index contributed by atoms with van der Waals surface area (Å²) in [5.74, 6) is 1.30. The van der Waals surface area contributed by atoms with Gasteiger partial charge in [0, 0.05) is 37.8 Å². The predicted molar refractivity (Wildman–Crippen MR) is 92.5 cm³/mol. The summed E-state index contributed by atoms with van der Waals surface area (Å²) >= 11 is 0. The van der Waals surface area contributed by atoms with Crippen molar-refractivity contribution in [1.82, 2.24) is 19.9 Å². The largest absolute Gasteiger partial charge is 0.392 e. The lowest BCUT2D eigenvalue weighted by Gasteiger charge is -2.39. The number of hydrogen-bond donors (Lipinski definition) is 1. The van der Waals surface area contributed by atoms with E-state index in [0.29, 0.717) is 24.3 Å². The van der Waals surface area contributed by atoms with E-state index >= 15 is 0 Å². The molecule has 0 saturated carbocycles. The van der Waals surface area contributed by atoms with Gasteiger partial charge in [-0.1, -0.05) is 35.0 Å². The van der Waals surface area contributed by atoms with Crippen LogP contribution in [0, 0.1) is 6.92 Å². The average molecular weight is 330 g/mol. The van der Waals surface area contributed by atoms with E-state index in [-0.39, 0.29) is 6.10 Å². The Hall–Kier alpha value is -1.76. The van der Waals surface area contributed by atoms with Crippen LogP contribution >= 0.6 is 0 Å². The number of aliphatic hydroxyl groups excluding tert-OH is 1. The third-order valence-corrected chi connectivity index (χ3v) is 4.48. The van der Waals surface area contributed by atoms with E-state index in [9.17, 15) is 5.11 Å². The summed E-state index contributed by atoms with van der Waals surface area (Å²) < 4.78 is 5.42. The molecule has 1 aromatic carbocycles. The van der Waals surface area contributed by atoms with Gasteiger partial charge in [0.05, 0.1) is 12.6 Å². The zero-order valence-electron chi connectivity index (χ0n) is 14.6. The Kier molecular flexibility index (Phi) is 5.28. The molecule has 0 unspecified atom stereocenters. The first-order valence-corrected chi connectivity index (χ1v) is 8.55. The normalized spacial score (nSPS) is 21.1. The molecule has 1 aliphatic heterocycles. The zero-order valence-corrected chi connectivity index (χ0v) is 14.6. The van der Waals surface area contributed by atoms with Crippen LogP contribution in [0.5, 0.6) is 0 Å². The molecule has 2 heterocycles. The van der Waals surface area contributed by atoms with Crippen LogP contribution in [0.4, 0.5) is 0 Å². The summed E-state index contributed by atoms with van der Waals surface area (Å²) in [5, 5.41) is 13.7.